The normalized spacial score (nSPS) is 29.1. The van der Waals surface area contributed by atoms with Crippen molar-refractivity contribution >= 4 is 23.2 Å². The summed E-state index contributed by atoms with van der Waals surface area (Å²) < 4.78 is 5.87. The van der Waals surface area contributed by atoms with Gasteiger partial charge in [-0.3, -0.25) is 0 Å². The van der Waals surface area contributed by atoms with Gasteiger partial charge in [0, 0.05) is 6.07 Å². The number of nitrogens with zero attached hydrogens (tertiary/aromatic N) is 2. The molecule has 1 aromatic heterocycles. The molecule has 1 heterocycles. The van der Waals surface area contributed by atoms with Crippen LogP contribution in [0.5, 0.6) is 5.75 Å². The Hall–Kier alpha value is -0.540. The molecule has 1 saturated carbocycles. The Morgan fingerprint density at radius 1 is 1.18 bits per heavy atom. The summed E-state index contributed by atoms with van der Waals surface area (Å²) in [4.78, 5) is 0. The van der Waals surface area contributed by atoms with Gasteiger partial charge >= 0.3 is 0 Å². The van der Waals surface area contributed by atoms with E-state index in [1.807, 2.05) is 0 Å². The maximum Gasteiger partial charge on any atom is 0.193 e. The van der Waals surface area contributed by atoms with Gasteiger partial charge in [-0.05, 0) is 31.1 Å². The molecule has 1 aliphatic rings. The van der Waals surface area contributed by atoms with Gasteiger partial charge in [0.25, 0.3) is 0 Å². The summed E-state index contributed by atoms with van der Waals surface area (Å²) in [6.07, 6.45) is 3.51. The second-order valence-corrected chi connectivity index (χ2v) is 5.57. The molecule has 0 aromatic carbocycles. The Morgan fingerprint density at radius 2 is 1.94 bits per heavy atom. The van der Waals surface area contributed by atoms with Crippen LogP contribution >= 0.6 is 23.2 Å². The third-order valence-corrected chi connectivity index (χ3v) is 3.98. The zero-order valence-electron chi connectivity index (χ0n) is 9.99. The molecule has 5 heteroatoms. The number of ether oxygens (including phenoxy) is 1. The van der Waals surface area contributed by atoms with E-state index in [0.29, 0.717) is 16.8 Å². The predicted molar refractivity (Wildman–Crippen MR) is 68.6 cm³/mol. The fourth-order valence-corrected chi connectivity index (χ4v) is 2.48. The molecular weight excluding hydrogens is 259 g/mol. The van der Waals surface area contributed by atoms with Crippen molar-refractivity contribution in [3.8, 4) is 5.75 Å². The first-order chi connectivity index (χ1) is 8.06. The molecule has 3 atom stereocenters. The summed E-state index contributed by atoms with van der Waals surface area (Å²) in [7, 11) is 0. The van der Waals surface area contributed by atoms with Crippen LogP contribution in [0.25, 0.3) is 0 Å². The van der Waals surface area contributed by atoms with Gasteiger partial charge in [0.2, 0.25) is 0 Å². The Balaban J connectivity index is 2.03. The second kappa shape index (κ2) is 5.40. The molecule has 0 spiro atoms. The smallest absolute Gasteiger partial charge is 0.193 e. The summed E-state index contributed by atoms with van der Waals surface area (Å²) >= 11 is 11.7. The molecule has 0 saturated heterocycles. The molecule has 3 nitrogen and oxygen atoms in total. The third kappa shape index (κ3) is 3.23. The average Bonchev–Trinajstić information content (AvgIpc) is 2.29. The van der Waals surface area contributed by atoms with Gasteiger partial charge in [-0.25, -0.2) is 0 Å². The highest BCUT2D eigenvalue weighted by molar-refractivity contribution is 6.32. The van der Waals surface area contributed by atoms with Crippen molar-refractivity contribution in [2.45, 2.75) is 39.2 Å². The summed E-state index contributed by atoms with van der Waals surface area (Å²) in [6, 6.07) is 1.62. The van der Waals surface area contributed by atoms with Gasteiger partial charge in [-0.1, -0.05) is 37.0 Å². The van der Waals surface area contributed by atoms with Crippen molar-refractivity contribution in [1.29, 1.82) is 0 Å². The van der Waals surface area contributed by atoms with Crippen molar-refractivity contribution in [2.75, 3.05) is 0 Å². The van der Waals surface area contributed by atoms with Crippen molar-refractivity contribution in [3.63, 3.8) is 0 Å². The highest BCUT2D eigenvalue weighted by Gasteiger charge is 2.26. The molecule has 0 radical (unpaired) electrons. The standard InChI is InChI=1S/C12H16Cl2N2O/c1-7-3-4-9(5-8(7)2)17-10-6-11(13)15-16-12(10)14/h6-9H,3-5H2,1-2H3. The first kappa shape index (κ1) is 12.9. The lowest BCUT2D eigenvalue weighted by atomic mass is 9.80. The van der Waals surface area contributed by atoms with Crippen molar-refractivity contribution < 1.29 is 4.74 Å². The van der Waals surface area contributed by atoms with Gasteiger partial charge in [0.05, 0.1) is 6.10 Å². The quantitative estimate of drug-likeness (QED) is 0.818. The van der Waals surface area contributed by atoms with E-state index >= 15 is 0 Å². The molecule has 2 rings (SSSR count). The fraction of sp³-hybridized carbons (Fsp3) is 0.667. The van der Waals surface area contributed by atoms with Crippen LogP contribution < -0.4 is 4.74 Å². The van der Waals surface area contributed by atoms with Crippen molar-refractivity contribution in [2.24, 2.45) is 11.8 Å². The van der Waals surface area contributed by atoms with Crippen molar-refractivity contribution in [3.05, 3.63) is 16.4 Å². The Morgan fingerprint density at radius 3 is 2.65 bits per heavy atom. The van der Waals surface area contributed by atoms with E-state index in [-0.39, 0.29) is 11.3 Å². The monoisotopic (exact) mass is 274 g/mol. The van der Waals surface area contributed by atoms with Crippen LogP contribution in [-0.4, -0.2) is 16.3 Å². The highest BCUT2D eigenvalue weighted by Crippen LogP contribution is 2.33. The Labute approximate surface area is 111 Å². The van der Waals surface area contributed by atoms with Crippen LogP contribution in [-0.2, 0) is 0 Å². The minimum atomic E-state index is 0.207. The van der Waals surface area contributed by atoms with Gasteiger partial charge < -0.3 is 4.74 Å². The second-order valence-electron chi connectivity index (χ2n) is 4.83. The van der Waals surface area contributed by atoms with Crippen LogP contribution in [0, 0.1) is 11.8 Å². The maximum atomic E-state index is 5.92. The van der Waals surface area contributed by atoms with Crippen LogP contribution in [0.2, 0.25) is 10.3 Å². The average molecular weight is 275 g/mol. The largest absolute Gasteiger partial charge is 0.487 e. The SMILES string of the molecule is CC1CCC(Oc2cc(Cl)nnc2Cl)CC1C. The first-order valence-electron chi connectivity index (χ1n) is 5.91. The van der Waals surface area contributed by atoms with Crippen LogP contribution in [0.15, 0.2) is 6.07 Å². The van der Waals surface area contributed by atoms with E-state index in [9.17, 15) is 0 Å². The predicted octanol–water partition coefficient (Wildman–Crippen LogP) is 3.99. The molecule has 94 valence electrons. The number of halogens is 2. The molecule has 0 amide bonds. The van der Waals surface area contributed by atoms with Crippen LogP contribution in [0.1, 0.15) is 33.1 Å². The van der Waals surface area contributed by atoms with E-state index < -0.39 is 0 Å². The minimum absolute atomic E-state index is 0.207. The lowest BCUT2D eigenvalue weighted by Crippen LogP contribution is -2.28. The van der Waals surface area contributed by atoms with E-state index in [1.54, 1.807) is 6.07 Å². The molecule has 3 unspecified atom stereocenters. The summed E-state index contributed by atoms with van der Waals surface area (Å²) in [5.41, 5.74) is 0. The molecule has 1 aromatic rings. The maximum absolute atomic E-state index is 5.92. The molecule has 0 aliphatic heterocycles. The van der Waals surface area contributed by atoms with E-state index in [4.69, 9.17) is 27.9 Å². The fourth-order valence-electron chi connectivity index (χ4n) is 2.20. The number of rotatable bonds is 2. The van der Waals surface area contributed by atoms with E-state index in [1.165, 1.54) is 6.42 Å². The van der Waals surface area contributed by atoms with Gasteiger partial charge in [-0.15, -0.1) is 10.2 Å². The first-order valence-corrected chi connectivity index (χ1v) is 6.67. The Kier molecular flexibility index (Phi) is 4.10. The lowest BCUT2D eigenvalue weighted by molar-refractivity contribution is 0.100. The van der Waals surface area contributed by atoms with Gasteiger partial charge in [0.15, 0.2) is 16.1 Å². The van der Waals surface area contributed by atoms with Crippen molar-refractivity contribution in [1.82, 2.24) is 10.2 Å². The van der Waals surface area contributed by atoms with E-state index in [0.717, 1.165) is 18.8 Å². The number of hydrogen-bond donors (Lipinski definition) is 0. The number of aromatic nitrogens is 2. The third-order valence-electron chi connectivity index (χ3n) is 3.53. The highest BCUT2D eigenvalue weighted by atomic mass is 35.5. The van der Waals surface area contributed by atoms with Gasteiger partial charge in [0.1, 0.15) is 0 Å². The van der Waals surface area contributed by atoms with Crippen LogP contribution in [0.4, 0.5) is 0 Å². The molecular formula is C12H16Cl2N2O. The molecule has 17 heavy (non-hydrogen) atoms. The van der Waals surface area contributed by atoms with E-state index in [2.05, 4.69) is 24.0 Å². The van der Waals surface area contributed by atoms with Gasteiger partial charge in [-0.2, -0.15) is 0 Å². The molecule has 1 fully saturated rings. The summed E-state index contributed by atoms with van der Waals surface area (Å²) in [5, 5.41) is 7.99. The zero-order valence-corrected chi connectivity index (χ0v) is 11.5. The molecule has 0 N–H and O–H groups in total. The number of hydrogen-bond acceptors (Lipinski definition) is 3. The molecule has 0 bridgehead atoms. The van der Waals surface area contributed by atoms with Crippen LogP contribution in [0.3, 0.4) is 0 Å². The molecule has 1 aliphatic carbocycles. The lowest BCUT2D eigenvalue weighted by Gasteiger charge is -2.32. The minimum Gasteiger partial charge on any atom is -0.487 e. The topological polar surface area (TPSA) is 35.0 Å². The summed E-state index contributed by atoms with van der Waals surface area (Å²) in [5.74, 6) is 1.99. The summed E-state index contributed by atoms with van der Waals surface area (Å²) in [6.45, 7) is 4.55. The zero-order chi connectivity index (χ0) is 12.4. The Bertz CT molecular complexity index is 400.